The molecular formula is C11H18O3Si. The van der Waals surface area contributed by atoms with Crippen LogP contribution >= 0.6 is 0 Å². The highest BCUT2D eigenvalue weighted by Gasteiger charge is 2.25. The van der Waals surface area contributed by atoms with Crippen molar-refractivity contribution in [3.63, 3.8) is 0 Å². The lowest BCUT2D eigenvalue weighted by Crippen LogP contribution is -2.38. The molecule has 1 aromatic rings. The van der Waals surface area contributed by atoms with Crippen LogP contribution in [0.25, 0.3) is 0 Å². The second-order valence-corrected chi connectivity index (χ2v) is 6.90. The molecule has 0 heterocycles. The average molecular weight is 226 g/mol. The summed E-state index contributed by atoms with van der Waals surface area (Å²) in [7, 11) is -0.365. The van der Waals surface area contributed by atoms with Crippen LogP contribution in [-0.4, -0.2) is 22.3 Å². The average Bonchev–Trinajstić information content (AvgIpc) is 2.18. The highest BCUT2D eigenvalue weighted by atomic mass is 28.4. The fraction of sp³-hybridized carbons (Fsp3) is 0.455. The molecule has 0 aromatic heterocycles. The molecule has 0 fully saturated rings. The molecule has 0 aliphatic heterocycles. The smallest absolute Gasteiger partial charge is 0.392 e. The Morgan fingerprint density at radius 2 is 1.60 bits per heavy atom. The summed E-state index contributed by atoms with van der Waals surface area (Å²) >= 11 is 0. The van der Waals surface area contributed by atoms with Crippen LogP contribution in [0, 0.1) is 0 Å². The van der Waals surface area contributed by atoms with E-state index < -0.39 is 8.56 Å². The van der Waals surface area contributed by atoms with Crippen LogP contribution in [0.2, 0.25) is 13.1 Å². The molecule has 0 saturated carbocycles. The fourth-order valence-electron chi connectivity index (χ4n) is 1.30. The van der Waals surface area contributed by atoms with Crippen molar-refractivity contribution in [2.75, 3.05) is 13.7 Å². The summed E-state index contributed by atoms with van der Waals surface area (Å²) in [4.78, 5) is 0. The third-order valence-corrected chi connectivity index (χ3v) is 3.63. The third kappa shape index (κ3) is 3.93. The molecular weight excluding hydrogens is 208 g/mol. The van der Waals surface area contributed by atoms with Gasteiger partial charge in [-0.1, -0.05) is 0 Å². The Morgan fingerprint density at radius 3 is 2.07 bits per heavy atom. The summed E-state index contributed by atoms with van der Waals surface area (Å²) in [5.41, 5.74) is 0. The van der Waals surface area contributed by atoms with Crippen molar-refractivity contribution >= 4 is 8.56 Å². The van der Waals surface area contributed by atoms with E-state index in [1.54, 1.807) is 7.11 Å². The minimum Gasteiger partial charge on any atom is -0.520 e. The van der Waals surface area contributed by atoms with Gasteiger partial charge in [-0.15, -0.1) is 0 Å². The first kappa shape index (κ1) is 12.1. The molecule has 0 radical (unpaired) electrons. The largest absolute Gasteiger partial charge is 0.520 e. The summed E-state index contributed by atoms with van der Waals surface area (Å²) in [6.45, 7) is 6.73. The van der Waals surface area contributed by atoms with Gasteiger partial charge >= 0.3 is 8.56 Å². The third-order valence-electron chi connectivity index (χ3n) is 1.92. The van der Waals surface area contributed by atoms with Crippen molar-refractivity contribution in [1.29, 1.82) is 0 Å². The summed E-state index contributed by atoms with van der Waals surface area (Å²) in [6, 6.07) is 7.55. The topological polar surface area (TPSA) is 27.7 Å². The molecule has 4 heteroatoms. The van der Waals surface area contributed by atoms with E-state index in [1.165, 1.54) is 0 Å². The van der Waals surface area contributed by atoms with Crippen LogP contribution in [0.15, 0.2) is 24.3 Å². The Hall–Kier alpha value is -1.00. The van der Waals surface area contributed by atoms with Gasteiger partial charge in [0.1, 0.15) is 11.5 Å². The number of ether oxygens (including phenoxy) is 1. The number of rotatable bonds is 5. The van der Waals surface area contributed by atoms with Crippen molar-refractivity contribution in [1.82, 2.24) is 0 Å². The van der Waals surface area contributed by atoms with Crippen LogP contribution in [0.5, 0.6) is 11.5 Å². The van der Waals surface area contributed by atoms with E-state index in [0.29, 0.717) is 6.61 Å². The first-order valence-corrected chi connectivity index (χ1v) is 7.86. The van der Waals surface area contributed by atoms with Gasteiger partial charge in [0.15, 0.2) is 0 Å². The number of benzene rings is 1. The van der Waals surface area contributed by atoms with Crippen molar-refractivity contribution in [2.45, 2.75) is 20.0 Å². The van der Waals surface area contributed by atoms with Crippen molar-refractivity contribution in [3.05, 3.63) is 24.3 Å². The zero-order chi connectivity index (χ0) is 11.3. The number of hydrogen-bond acceptors (Lipinski definition) is 3. The lowest BCUT2D eigenvalue weighted by Gasteiger charge is -2.23. The van der Waals surface area contributed by atoms with Gasteiger partial charge in [-0.3, -0.25) is 0 Å². The van der Waals surface area contributed by atoms with Crippen LogP contribution in [0.1, 0.15) is 6.92 Å². The van der Waals surface area contributed by atoms with E-state index >= 15 is 0 Å². The maximum atomic E-state index is 5.80. The van der Waals surface area contributed by atoms with Gasteiger partial charge in [0.2, 0.25) is 0 Å². The molecule has 0 amide bonds. The summed E-state index contributed by atoms with van der Waals surface area (Å²) < 4.78 is 16.4. The standard InChI is InChI=1S/C11H18O3Si/c1-5-13-15(3,4)14-11-8-6-10(12-2)7-9-11/h6-9H,5H2,1-4H3. The lowest BCUT2D eigenvalue weighted by atomic mass is 10.3. The highest BCUT2D eigenvalue weighted by molar-refractivity contribution is 6.65. The van der Waals surface area contributed by atoms with Crippen molar-refractivity contribution in [3.8, 4) is 11.5 Å². The maximum absolute atomic E-state index is 5.80. The first-order chi connectivity index (χ1) is 7.07. The predicted molar refractivity (Wildman–Crippen MR) is 62.7 cm³/mol. The Labute approximate surface area is 92.2 Å². The Kier molecular flexibility index (Phi) is 4.17. The maximum Gasteiger partial charge on any atom is 0.392 e. The van der Waals surface area contributed by atoms with Gasteiger partial charge in [0, 0.05) is 6.61 Å². The fourth-order valence-corrected chi connectivity index (χ4v) is 2.76. The van der Waals surface area contributed by atoms with Crippen LogP contribution in [-0.2, 0) is 4.43 Å². The molecule has 84 valence electrons. The van der Waals surface area contributed by atoms with Gasteiger partial charge in [0.25, 0.3) is 0 Å². The molecule has 3 nitrogen and oxygen atoms in total. The molecule has 0 aliphatic carbocycles. The number of methoxy groups -OCH3 is 1. The number of hydrogen-bond donors (Lipinski definition) is 0. The van der Waals surface area contributed by atoms with E-state index in [4.69, 9.17) is 13.6 Å². The summed E-state index contributed by atoms with van der Waals surface area (Å²) in [5.74, 6) is 1.67. The molecule has 1 rings (SSSR count). The zero-order valence-electron chi connectivity index (χ0n) is 9.74. The molecule has 0 aliphatic rings. The van der Waals surface area contributed by atoms with E-state index in [9.17, 15) is 0 Å². The molecule has 0 bridgehead atoms. The molecule has 1 aromatic carbocycles. The first-order valence-electron chi connectivity index (χ1n) is 5.04. The van der Waals surface area contributed by atoms with Crippen LogP contribution < -0.4 is 9.16 Å². The lowest BCUT2D eigenvalue weighted by molar-refractivity contribution is 0.263. The van der Waals surface area contributed by atoms with E-state index in [1.807, 2.05) is 44.3 Å². The zero-order valence-corrected chi connectivity index (χ0v) is 10.7. The Balaban J connectivity index is 2.64. The Bertz CT molecular complexity index is 295. The van der Waals surface area contributed by atoms with Gasteiger partial charge in [-0.25, -0.2) is 0 Å². The van der Waals surface area contributed by atoms with E-state index in [-0.39, 0.29) is 0 Å². The Morgan fingerprint density at radius 1 is 1.07 bits per heavy atom. The SMILES string of the molecule is CCO[Si](C)(C)Oc1ccc(OC)cc1. The summed E-state index contributed by atoms with van der Waals surface area (Å²) in [5, 5.41) is 0. The van der Waals surface area contributed by atoms with Gasteiger partial charge in [-0.2, -0.15) is 0 Å². The van der Waals surface area contributed by atoms with Gasteiger partial charge < -0.3 is 13.6 Å². The normalized spacial score (nSPS) is 11.2. The summed E-state index contributed by atoms with van der Waals surface area (Å²) in [6.07, 6.45) is 0. The van der Waals surface area contributed by atoms with Crippen LogP contribution in [0.4, 0.5) is 0 Å². The molecule has 15 heavy (non-hydrogen) atoms. The molecule has 0 atom stereocenters. The minimum absolute atomic E-state index is 0.690. The van der Waals surface area contributed by atoms with Crippen LogP contribution in [0.3, 0.4) is 0 Å². The molecule has 0 unspecified atom stereocenters. The van der Waals surface area contributed by atoms with Gasteiger partial charge in [0.05, 0.1) is 7.11 Å². The highest BCUT2D eigenvalue weighted by Crippen LogP contribution is 2.20. The van der Waals surface area contributed by atoms with Crippen molar-refractivity contribution in [2.24, 2.45) is 0 Å². The monoisotopic (exact) mass is 226 g/mol. The molecule has 0 saturated heterocycles. The second kappa shape index (κ2) is 5.18. The van der Waals surface area contributed by atoms with E-state index in [2.05, 4.69) is 0 Å². The molecule has 0 spiro atoms. The molecule has 0 N–H and O–H groups in total. The van der Waals surface area contributed by atoms with Crippen molar-refractivity contribution < 1.29 is 13.6 Å². The quantitative estimate of drug-likeness (QED) is 0.723. The second-order valence-electron chi connectivity index (χ2n) is 3.61. The minimum atomic E-state index is -2.01. The van der Waals surface area contributed by atoms with E-state index in [0.717, 1.165) is 11.5 Å². The predicted octanol–water partition coefficient (Wildman–Crippen LogP) is 2.81. The van der Waals surface area contributed by atoms with Gasteiger partial charge in [-0.05, 0) is 44.3 Å².